The summed E-state index contributed by atoms with van der Waals surface area (Å²) in [5, 5.41) is 1.61. The van der Waals surface area contributed by atoms with Crippen molar-refractivity contribution in [3.63, 3.8) is 0 Å². The summed E-state index contributed by atoms with van der Waals surface area (Å²) in [6, 6.07) is 3.78. The summed E-state index contributed by atoms with van der Waals surface area (Å²) in [5.41, 5.74) is 0. The van der Waals surface area contributed by atoms with E-state index in [0.29, 0.717) is 4.91 Å². The van der Waals surface area contributed by atoms with Gasteiger partial charge in [-0.1, -0.05) is 12.0 Å². The Morgan fingerprint density at radius 2 is 2.31 bits per heavy atom. The summed E-state index contributed by atoms with van der Waals surface area (Å²) in [7, 11) is 0. The Balaban J connectivity index is 2.24. The highest BCUT2D eigenvalue weighted by Gasteiger charge is 2.34. The van der Waals surface area contributed by atoms with Crippen LogP contribution in [-0.2, 0) is 4.79 Å². The van der Waals surface area contributed by atoms with Crippen molar-refractivity contribution in [2.75, 3.05) is 6.54 Å². The molecule has 1 fully saturated rings. The SMILES string of the molecule is C#CCN1C(=O)S/C(=C/c2cccs2)C1=O. The van der Waals surface area contributed by atoms with Crippen molar-refractivity contribution in [1.29, 1.82) is 0 Å². The van der Waals surface area contributed by atoms with Gasteiger partial charge in [0.25, 0.3) is 11.1 Å². The summed E-state index contributed by atoms with van der Waals surface area (Å²) in [6.45, 7) is 0.0342. The molecule has 2 heterocycles. The smallest absolute Gasteiger partial charge is 0.268 e. The Morgan fingerprint density at radius 3 is 2.94 bits per heavy atom. The summed E-state index contributed by atoms with van der Waals surface area (Å²) >= 11 is 2.45. The first kappa shape index (κ1) is 11.0. The fraction of sp³-hybridized carbons (Fsp3) is 0.0909. The molecule has 2 rings (SSSR count). The molecular weight excluding hydrogens is 242 g/mol. The van der Waals surface area contributed by atoms with Crippen LogP contribution in [0.1, 0.15) is 4.88 Å². The van der Waals surface area contributed by atoms with Gasteiger partial charge in [-0.25, -0.2) is 0 Å². The van der Waals surface area contributed by atoms with Gasteiger partial charge in [0.1, 0.15) is 0 Å². The molecule has 0 bridgehead atoms. The maximum atomic E-state index is 11.8. The third-order valence-electron chi connectivity index (χ3n) is 1.94. The quantitative estimate of drug-likeness (QED) is 0.596. The van der Waals surface area contributed by atoms with Crippen LogP contribution >= 0.6 is 23.1 Å². The maximum absolute atomic E-state index is 11.8. The van der Waals surface area contributed by atoms with Crippen LogP contribution < -0.4 is 0 Å². The lowest BCUT2D eigenvalue weighted by Crippen LogP contribution is -2.28. The van der Waals surface area contributed by atoms with E-state index < -0.39 is 0 Å². The number of nitrogens with zero attached hydrogens (tertiary/aromatic N) is 1. The molecular formula is C11H7NO2S2. The Labute approximate surface area is 101 Å². The van der Waals surface area contributed by atoms with E-state index in [1.54, 1.807) is 6.08 Å². The number of carbonyl (C=O) groups excluding carboxylic acids is 2. The molecule has 1 aliphatic rings. The van der Waals surface area contributed by atoms with E-state index in [1.807, 2.05) is 17.5 Å². The Bertz CT molecular complexity index is 497. The second kappa shape index (κ2) is 4.56. The fourth-order valence-corrected chi connectivity index (χ4v) is 2.79. The first-order valence-corrected chi connectivity index (χ1v) is 6.14. The number of amides is 2. The van der Waals surface area contributed by atoms with E-state index in [-0.39, 0.29) is 17.7 Å². The highest BCUT2D eigenvalue weighted by atomic mass is 32.2. The number of carbonyl (C=O) groups is 2. The van der Waals surface area contributed by atoms with Crippen LogP contribution in [0.2, 0.25) is 0 Å². The van der Waals surface area contributed by atoms with Gasteiger partial charge in [-0.05, 0) is 29.3 Å². The number of imide groups is 1. The molecule has 0 N–H and O–H groups in total. The van der Waals surface area contributed by atoms with Gasteiger partial charge in [-0.2, -0.15) is 0 Å². The monoisotopic (exact) mass is 249 g/mol. The molecule has 0 saturated carbocycles. The standard InChI is InChI=1S/C11H7NO2S2/c1-2-5-12-10(13)9(16-11(12)14)7-8-4-3-6-15-8/h1,3-4,6-7H,5H2/b9-7+. The van der Waals surface area contributed by atoms with Crippen LogP contribution in [0.15, 0.2) is 22.4 Å². The van der Waals surface area contributed by atoms with E-state index in [9.17, 15) is 9.59 Å². The lowest BCUT2D eigenvalue weighted by atomic mass is 10.4. The largest absolute Gasteiger partial charge is 0.294 e. The van der Waals surface area contributed by atoms with Gasteiger partial charge in [-0.3, -0.25) is 14.5 Å². The highest BCUT2D eigenvalue weighted by Crippen LogP contribution is 2.32. The van der Waals surface area contributed by atoms with Crippen LogP contribution in [0.25, 0.3) is 6.08 Å². The molecule has 0 aromatic carbocycles. The Morgan fingerprint density at radius 1 is 1.50 bits per heavy atom. The molecule has 0 aliphatic carbocycles. The highest BCUT2D eigenvalue weighted by molar-refractivity contribution is 8.18. The topological polar surface area (TPSA) is 37.4 Å². The van der Waals surface area contributed by atoms with Gasteiger partial charge in [0, 0.05) is 4.88 Å². The Hall–Kier alpha value is -1.51. The van der Waals surface area contributed by atoms with Gasteiger partial charge < -0.3 is 0 Å². The Kier molecular flexibility index (Phi) is 3.13. The summed E-state index contributed by atoms with van der Waals surface area (Å²) in [6.07, 6.45) is 6.81. The van der Waals surface area contributed by atoms with Crippen LogP contribution in [0.5, 0.6) is 0 Å². The lowest BCUT2D eigenvalue weighted by molar-refractivity contribution is -0.122. The molecule has 0 unspecified atom stereocenters. The minimum absolute atomic E-state index is 0.0342. The van der Waals surface area contributed by atoms with E-state index in [1.165, 1.54) is 11.3 Å². The molecule has 80 valence electrons. The van der Waals surface area contributed by atoms with E-state index in [0.717, 1.165) is 21.5 Å². The molecule has 1 aromatic heterocycles. The summed E-state index contributed by atoms with van der Waals surface area (Å²) in [5.74, 6) is 1.99. The molecule has 0 spiro atoms. The number of rotatable bonds is 2. The van der Waals surface area contributed by atoms with Crippen molar-refractivity contribution < 1.29 is 9.59 Å². The van der Waals surface area contributed by atoms with Gasteiger partial charge in [0.15, 0.2) is 0 Å². The number of hydrogen-bond donors (Lipinski definition) is 0. The maximum Gasteiger partial charge on any atom is 0.294 e. The predicted molar refractivity (Wildman–Crippen MR) is 65.8 cm³/mol. The van der Waals surface area contributed by atoms with Crippen molar-refractivity contribution in [1.82, 2.24) is 4.90 Å². The second-order valence-corrected chi connectivity index (χ2v) is 4.96. The van der Waals surface area contributed by atoms with Crippen LogP contribution in [0, 0.1) is 12.3 Å². The van der Waals surface area contributed by atoms with Crippen LogP contribution in [-0.4, -0.2) is 22.6 Å². The molecule has 16 heavy (non-hydrogen) atoms. The van der Waals surface area contributed by atoms with Gasteiger partial charge >= 0.3 is 0 Å². The molecule has 2 amide bonds. The zero-order chi connectivity index (χ0) is 11.5. The average Bonchev–Trinajstić information content (AvgIpc) is 2.84. The number of terminal acetylenes is 1. The average molecular weight is 249 g/mol. The minimum Gasteiger partial charge on any atom is -0.268 e. The molecule has 1 aliphatic heterocycles. The predicted octanol–water partition coefficient (Wildman–Crippen LogP) is 2.42. The van der Waals surface area contributed by atoms with Crippen molar-refractivity contribution in [3.05, 3.63) is 27.3 Å². The van der Waals surface area contributed by atoms with E-state index in [2.05, 4.69) is 5.92 Å². The minimum atomic E-state index is -0.304. The van der Waals surface area contributed by atoms with Gasteiger partial charge in [0.05, 0.1) is 11.4 Å². The summed E-state index contributed by atoms with van der Waals surface area (Å²) in [4.78, 5) is 25.7. The summed E-state index contributed by atoms with van der Waals surface area (Å²) < 4.78 is 0. The van der Waals surface area contributed by atoms with Crippen molar-refractivity contribution in [3.8, 4) is 12.3 Å². The fourth-order valence-electron chi connectivity index (χ4n) is 1.23. The third kappa shape index (κ3) is 2.03. The molecule has 1 aromatic rings. The number of thiophene rings is 1. The first-order valence-electron chi connectivity index (χ1n) is 4.44. The van der Waals surface area contributed by atoms with Crippen molar-refractivity contribution in [2.24, 2.45) is 0 Å². The van der Waals surface area contributed by atoms with E-state index in [4.69, 9.17) is 6.42 Å². The normalized spacial score (nSPS) is 18.2. The lowest BCUT2D eigenvalue weighted by Gasteiger charge is -2.06. The van der Waals surface area contributed by atoms with Crippen LogP contribution in [0.4, 0.5) is 4.79 Å². The van der Waals surface area contributed by atoms with Crippen LogP contribution in [0.3, 0.4) is 0 Å². The van der Waals surface area contributed by atoms with Crippen molar-refractivity contribution >= 4 is 40.3 Å². The van der Waals surface area contributed by atoms with Crippen molar-refractivity contribution in [2.45, 2.75) is 0 Å². The number of thioether (sulfide) groups is 1. The van der Waals surface area contributed by atoms with Gasteiger partial charge in [0.2, 0.25) is 0 Å². The molecule has 5 heteroatoms. The van der Waals surface area contributed by atoms with Gasteiger partial charge in [-0.15, -0.1) is 17.8 Å². The molecule has 1 saturated heterocycles. The zero-order valence-corrected chi connectivity index (χ0v) is 9.81. The van der Waals surface area contributed by atoms with E-state index >= 15 is 0 Å². The first-order chi connectivity index (χ1) is 7.72. The zero-order valence-electron chi connectivity index (χ0n) is 8.17. The second-order valence-electron chi connectivity index (χ2n) is 2.99. The molecule has 0 radical (unpaired) electrons. The third-order valence-corrected chi connectivity index (χ3v) is 3.67. The number of hydrogen-bond acceptors (Lipinski definition) is 4. The molecule has 0 atom stereocenters. The molecule has 3 nitrogen and oxygen atoms in total.